The molecule has 128 valence electrons. The van der Waals surface area contributed by atoms with E-state index in [9.17, 15) is 13.2 Å². The first-order valence-corrected chi connectivity index (χ1v) is 9.67. The molecule has 2 aromatic carbocycles. The van der Waals surface area contributed by atoms with Crippen LogP contribution in [0.1, 0.15) is 29.7 Å². The molecule has 0 N–H and O–H groups in total. The monoisotopic (exact) mass is 345 g/mol. The van der Waals surface area contributed by atoms with Crippen LogP contribution in [0, 0.1) is 6.92 Å². The van der Waals surface area contributed by atoms with Gasteiger partial charge < -0.3 is 4.90 Å². The van der Waals surface area contributed by atoms with Gasteiger partial charge in [0.15, 0.2) is 9.84 Å². The number of nitrogens with zero attached hydrogens (tertiary/aromatic N) is 1. The van der Waals surface area contributed by atoms with E-state index in [2.05, 4.69) is 0 Å². The van der Waals surface area contributed by atoms with Gasteiger partial charge in [-0.25, -0.2) is 8.42 Å². The fourth-order valence-electron chi connectivity index (χ4n) is 2.57. The van der Waals surface area contributed by atoms with Gasteiger partial charge in [0.2, 0.25) is 5.91 Å². The molecular formula is C19H23NO3S. The minimum absolute atomic E-state index is 0.117. The number of hydrogen-bond donors (Lipinski definition) is 0. The predicted molar refractivity (Wildman–Crippen MR) is 96.3 cm³/mol. The van der Waals surface area contributed by atoms with Gasteiger partial charge in [0.25, 0.3) is 0 Å². The van der Waals surface area contributed by atoms with Gasteiger partial charge in [-0.1, -0.05) is 60.2 Å². The molecule has 0 bridgehead atoms. The van der Waals surface area contributed by atoms with Gasteiger partial charge in [-0.3, -0.25) is 4.79 Å². The van der Waals surface area contributed by atoms with E-state index >= 15 is 0 Å². The third-order valence-corrected chi connectivity index (χ3v) is 5.53. The van der Waals surface area contributed by atoms with Crippen LogP contribution >= 0.6 is 0 Å². The number of hydrogen-bond acceptors (Lipinski definition) is 3. The quantitative estimate of drug-likeness (QED) is 0.808. The average molecular weight is 345 g/mol. The Morgan fingerprint density at radius 2 is 1.75 bits per heavy atom. The van der Waals surface area contributed by atoms with E-state index in [4.69, 9.17) is 0 Å². The van der Waals surface area contributed by atoms with Crippen molar-refractivity contribution in [2.24, 2.45) is 0 Å². The van der Waals surface area contributed by atoms with E-state index in [0.29, 0.717) is 5.56 Å². The van der Waals surface area contributed by atoms with Crippen LogP contribution < -0.4 is 0 Å². The topological polar surface area (TPSA) is 54.5 Å². The summed E-state index contributed by atoms with van der Waals surface area (Å²) in [6.07, 6.45) is 0. The largest absolute Gasteiger partial charge is 0.338 e. The Labute approximate surface area is 144 Å². The summed E-state index contributed by atoms with van der Waals surface area (Å²) in [5.41, 5.74) is 2.69. The predicted octanol–water partition coefficient (Wildman–Crippen LogP) is 3.13. The Kier molecular flexibility index (Phi) is 5.78. The molecule has 4 nitrogen and oxygen atoms in total. The first-order chi connectivity index (χ1) is 11.3. The fraction of sp³-hybridized carbons (Fsp3) is 0.316. The van der Waals surface area contributed by atoms with Gasteiger partial charge in [-0.2, -0.15) is 0 Å². The first-order valence-electron chi connectivity index (χ1n) is 7.85. The third-order valence-electron chi connectivity index (χ3n) is 4.07. The highest BCUT2D eigenvalue weighted by Gasteiger charge is 2.23. The number of amides is 1. The van der Waals surface area contributed by atoms with E-state index in [1.807, 2.05) is 62.4 Å². The number of benzene rings is 2. The molecule has 0 aliphatic heterocycles. The molecule has 0 heterocycles. The summed E-state index contributed by atoms with van der Waals surface area (Å²) in [6, 6.07) is 16.7. The van der Waals surface area contributed by atoms with E-state index in [-0.39, 0.29) is 17.7 Å². The van der Waals surface area contributed by atoms with E-state index in [1.165, 1.54) is 4.90 Å². The van der Waals surface area contributed by atoms with E-state index < -0.39 is 15.6 Å². The zero-order chi connectivity index (χ0) is 17.7. The average Bonchev–Trinajstić information content (AvgIpc) is 2.53. The second kappa shape index (κ2) is 7.62. The van der Waals surface area contributed by atoms with Crippen LogP contribution in [0.25, 0.3) is 0 Å². The van der Waals surface area contributed by atoms with Crippen LogP contribution in [0.3, 0.4) is 0 Å². The van der Waals surface area contributed by atoms with Crippen molar-refractivity contribution >= 4 is 15.7 Å². The van der Waals surface area contributed by atoms with Crippen LogP contribution in [0.5, 0.6) is 0 Å². The smallest absolute Gasteiger partial charge is 0.238 e. The summed E-state index contributed by atoms with van der Waals surface area (Å²) in [5, 5.41) is 0. The van der Waals surface area contributed by atoms with Crippen molar-refractivity contribution in [3.05, 3.63) is 71.3 Å². The first kappa shape index (κ1) is 18.2. The molecule has 0 aromatic heterocycles. The number of carbonyl (C=O) groups is 1. The minimum atomic E-state index is -3.50. The molecule has 5 heteroatoms. The van der Waals surface area contributed by atoms with Crippen LogP contribution in [-0.2, 0) is 20.4 Å². The van der Waals surface area contributed by atoms with Crippen molar-refractivity contribution in [2.75, 3.05) is 12.8 Å². The molecule has 0 spiro atoms. The van der Waals surface area contributed by atoms with Gasteiger partial charge in [0, 0.05) is 7.05 Å². The van der Waals surface area contributed by atoms with Crippen LogP contribution in [-0.4, -0.2) is 32.0 Å². The van der Waals surface area contributed by atoms with Gasteiger partial charge >= 0.3 is 0 Å². The lowest BCUT2D eigenvalue weighted by Crippen LogP contribution is -2.34. The van der Waals surface area contributed by atoms with Crippen molar-refractivity contribution in [2.45, 2.75) is 25.6 Å². The van der Waals surface area contributed by atoms with Crippen LogP contribution in [0.4, 0.5) is 0 Å². The summed E-state index contributed by atoms with van der Waals surface area (Å²) in [6.45, 7) is 3.80. The number of rotatable bonds is 6. The number of carbonyl (C=O) groups excluding carboxylic acids is 1. The Balaban J connectivity index is 2.04. The van der Waals surface area contributed by atoms with Crippen molar-refractivity contribution in [1.82, 2.24) is 4.90 Å². The second-order valence-corrected chi connectivity index (χ2v) is 8.18. The minimum Gasteiger partial charge on any atom is -0.338 e. The van der Waals surface area contributed by atoms with Crippen molar-refractivity contribution < 1.29 is 13.2 Å². The number of aryl methyl sites for hydroxylation is 1. The lowest BCUT2D eigenvalue weighted by Gasteiger charge is -2.25. The molecular weight excluding hydrogens is 322 g/mol. The normalized spacial score (nSPS) is 12.6. The van der Waals surface area contributed by atoms with Gasteiger partial charge in [-0.15, -0.1) is 0 Å². The Morgan fingerprint density at radius 1 is 1.08 bits per heavy atom. The third kappa shape index (κ3) is 4.93. The Hall–Kier alpha value is -2.14. The molecule has 2 rings (SSSR count). The molecule has 1 atom stereocenters. The Bertz CT molecular complexity index is 800. The maximum absolute atomic E-state index is 12.4. The molecule has 0 aliphatic rings. The van der Waals surface area contributed by atoms with Gasteiger partial charge in [0.05, 0.1) is 11.8 Å². The molecule has 2 aromatic rings. The lowest BCUT2D eigenvalue weighted by molar-refractivity contribution is -0.129. The molecule has 0 fully saturated rings. The summed E-state index contributed by atoms with van der Waals surface area (Å²) < 4.78 is 24.7. The second-order valence-electron chi connectivity index (χ2n) is 6.11. The lowest BCUT2D eigenvalue weighted by atomic mass is 10.1. The number of sulfone groups is 1. The SMILES string of the molecule is Cc1cccc(CS(=O)(=O)CC(=O)N(C)[C@H](C)c2ccccc2)c1. The Morgan fingerprint density at radius 3 is 2.38 bits per heavy atom. The van der Waals surface area contributed by atoms with Crippen LogP contribution in [0.15, 0.2) is 54.6 Å². The highest BCUT2D eigenvalue weighted by atomic mass is 32.2. The summed E-state index contributed by atoms with van der Waals surface area (Å²) in [5.74, 6) is -0.984. The standard InChI is InChI=1S/C19H23NO3S/c1-15-8-7-9-17(12-15)13-24(22,23)14-19(21)20(3)16(2)18-10-5-4-6-11-18/h4-12,16H,13-14H2,1-3H3/t16-/m1/s1. The van der Waals surface area contributed by atoms with Crippen molar-refractivity contribution in [3.63, 3.8) is 0 Å². The maximum atomic E-state index is 12.4. The maximum Gasteiger partial charge on any atom is 0.238 e. The van der Waals surface area contributed by atoms with Crippen molar-refractivity contribution in [1.29, 1.82) is 0 Å². The van der Waals surface area contributed by atoms with Gasteiger partial charge in [-0.05, 0) is 25.0 Å². The summed E-state index contributed by atoms with van der Waals surface area (Å²) in [7, 11) is -1.86. The molecule has 1 amide bonds. The zero-order valence-electron chi connectivity index (χ0n) is 14.3. The molecule has 0 unspecified atom stereocenters. The molecule has 0 saturated heterocycles. The molecule has 0 saturated carbocycles. The highest BCUT2D eigenvalue weighted by molar-refractivity contribution is 7.91. The summed E-state index contributed by atoms with van der Waals surface area (Å²) >= 11 is 0. The molecule has 0 aliphatic carbocycles. The fourth-order valence-corrected chi connectivity index (χ4v) is 3.94. The molecule has 0 radical (unpaired) electrons. The zero-order valence-corrected chi connectivity index (χ0v) is 15.1. The van der Waals surface area contributed by atoms with Crippen LogP contribution in [0.2, 0.25) is 0 Å². The van der Waals surface area contributed by atoms with E-state index in [0.717, 1.165) is 11.1 Å². The van der Waals surface area contributed by atoms with Gasteiger partial charge in [0.1, 0.15) is 5.75 Å². The molecule has 24 heavy (non-hydrogen) atoms. The highest BCUT2D eigenvalue weighted by Crippen LogP contribution is 2.19. The summed E-state index contributed by atoms with van der Waals surface area (Å²) in [4.78, 5) is 13.9. The van der Waals surface area contributed by atoms with E-state index in [1.54, 1.807) is 13.1 Å². The van der Waals surface area contributed by atoms with Crippen molar-refractivity contribution in [3.8, 4) is 0 Å².